The van der Waals surface area contributed by atoms with Gasteiger partial charge in [-0.1, -0.05) is 23.7 Å². The Hall–Kier alpha value is -2.24. The van der Waals surface area contributed by atoms with E-state index in [1.807, 2.05) is 0 Å². The van der Waals surface area contributed by atoms with Gasteiger partial charge in [0.1, 0.15) is 11.5 Å². The lowest BCUT2D eigenvalue weighted by molar-refractivity contribution is -0.133. The van der Waals surface area contributed by atoms with Gasteiger partial charge in [-0.15, -0.1) is 0 Å². The SMILES string of the molecule is COc1ccc(C(O)CN(C)C(=O)COc2ccc(Cl)cc2)cc1. The van der Waals surface area contributed by atoms with Gasteiger partial charge in [0.15, 0.2) is 6.61 Å². The zero-order valence-corrected chi connectivity index (χ0v) is 14.4. The number of aliphatic hydroxyl groups excluding tert-OH is 1. The molecule has 1 amide bonds. The van der Waals surface area contributed by atoms with Crippen molar-refractivity contribution in [3.05, 3.63) is 59.1 Å². The van der Waals surface area contributed by atoms with Crippen molar-refractivity contribution in [2.24, 2.45) is 0 Å². The molecule has 1 N–H and O–H groups in total. The smallest absolute Gasteiger partial charge is 0.260 e. The molecule has 6 heteroatoms. The normalized spacial score (nSPS) is 11.7. The molecule has 0 aliphatic rings. The molecule has 0 aliphatic heterocycles. The molecule has 0 bridgehead atoms. The number of likely N-dealkylation sites (N-methyl/N-ethyl adjacent to an activating group) is 1. The number of hydrogen-bond donors (Lipinski definition) is 1. The lowest BCUT2D eigenvalue weighted by Gasteiger charge is -2.21. The predicted molar refractivity (Wildman–Crippen MR) is 92.5 cm³/mol. The van der Waals surface area contributed by atoms with Crippen LogP contribution >= 0.6 is 11.6 Å². The van der Waals surface area contributed by atoms with Crippen LogP contribution in [0.15, 0.2) is 48.5 Å². The molecule has 1 atom stereocenters. The molecular weight excluding hydrogens is 330 g/mol. The largest absolute Gasteiger partial charge is 0.497 e. The fourth-order valence-corrected chi connectivity index (χ4v) is 2.20. The van der Waals surface area contributed by atoms with Crippen molar-refractivity contribution in [1.29, 1.82) is 0 Å². The highest BCUT2D eigenvalue weighted by molar-refractivity contribution is 6.30. The molecule has 0 spiro atoms. The first kappa shape index (κ1) is 18.1. The van der Waals surface area contributed by atoms with Crippen molar-refractivity contribution >= 4 is 17.5 Å². The second kappa shape index (κ2) is 8.57. The van der Waals surface area contributed by atoms with Crippen molar-refractivity contribution in [2.45, 2.75) is 6.10 Å². The number of nitrogens with zero attached hydrogens (tertiary/aromatic N) is 1. The standard InChI is InChI=1S/C18H20ClNO4/c1-20(11-17(21)13-3-7-15(23-2)8-4-13)18(22)12-24-16-9-5-14(19)6-10-16/h3-10,17,21H,11-12H2,1-2H3. The van der Waals surface area contributed by atoms with Crippen LogP contribution in [-0.2, 0) is 4.79 Å². The second-order valence-corrected chi connectivity index (χ2v) is 5.74. The van der Waals surface area contributed by atoms with E-state index in [2.05, 4.69) is 0 Å². The van der Waals surface area contributed by atoms with Crippen molar-refractivity contribution in [3.63, 3.8) is 0 Å². The quantitative estimate of drug-likeness (QED) is 0.835. The topological polar surface area (TPSA) is 59.0 Å². The third-order valence-electron chi connectivity index (χ3n) is 3.55. The average molecular weight is 350 g/mol. The number of rotatable bonds is 7. The molecule has 2 aromatic carbocycles. The zero-order valence-electron chi connectivity index (χ0n) is 13.6. The van der Waals surface area contributed by atoms with Gasteiger partial charge in [0, 0.05) is 12.1 Å². The van der Waals surface area contributed by atoms with Gasteiger partial charge in [-0.25, -0.2) is 0 Å². The minimum absolute atomic E-state index is 0.104. The van der Waals surface area contributed by atoms with E-state index in [9.17, 15) is 9.90 Å². The van der Waals surface area contributed by atoms with Crippen LogP contribution in [0.3, 0.4) is 0 Å². The van der Waals surface area contributed by atoms with E-state index in [0.717, 1.165) is 0 Å². The van der Waals surface area contributed by atoms with Crippen molar-refractivity contribution in [1.82, 2.24) is 4.90 Å². The Labute approximate surface area is 146 Å². The first-order valence-corrected chi connectivity index (χ1v) is 7.81. The Morgan fingerprint density at radius 3 is 2.29 bits per heavy atom. The van der Waals surface area contributed by atoms with E-state index in [1.165, 1.54) is 4.90 Å². The Morgan fingerprint density at radius 2 is 1.71 bits per heavy atom. The third kappa shape index (κ3) is 5.15. The average Bonchev–Trinajstić information content (AvgIpc) is 2.60. The Morgan fingerprint density at radius 1 is 1.12 bits per heavy atom. The molecule has 2 rings (SSSR count). The highest BCUT2D eigenvalue weighted by Crippen LogP contribution is 2.19. The molecule has 1 unspecified atom stereocenters. The number of benzene rings is 2. The summed E-state index contributed by atoms with van der Waals surface area (Å²) in [5.74, 6) is 1.06. The third-order valence-corrected chi connectivity index (χ3v) is 3.80. The predicted octanol–water partition coefficient (Wildman–Crippen LogP) is 2.92. The van der Waals surface area contributed by atoms with Crippen LogP contribution in [0.4, 0.5) is 0 Å². The van der Waals surface area contributed by atoms with Gasteiger partial charge in [-0.05, 0) is 42.0 Å². The van der Waals surface area contributed by atoms with E-state index in [0.29, 0.717) is 22.1 Å². The molecule has 128 valence electrons. The first-order chi connectivity index (χ1) is 11.5. The number of amides is 1. The summed E-state index contributed by atoms with van der Waals surface area (Å²) in [6.45, 7) is 0.0720. The molecule has 2 aromatic rings. The Balaban J connectivity index is 1.84. The number of carbonyl (C=O) groups excluding carboxylic acids is 1. The molecule has 0 fully saturated rings. The highest BCUT2D eigenvalue weighted by atomic mass is 35.5. The van der Waals surface area contributed by atoms with E-state index >= 15 is 0 Å². The summed E-state index contributed by atoms with van der Waals surface area (Å²) in [6, 6.07) is 13.9. The summed E-state index contributed by atoms with van der Waals surface area (Å²) in [7, 11) is 3.21. The van der Waals surface area contributed by atoms with Gasteiger partial charge in [0.25, 0.3) is 5.91 Å². The van der Waals surface area contributed by atoms with Crippen molar-refractivity contribution < 1.29 is 19.4 Å². The summed E-state index contributed by atoms with van der Waals surface area (Å²) in [4.78, 5) is 13.5. The first-order valence-electron chi connectivity index (χ1n) is 7.44. The lowest BCUT2D eigenvalue weighted by atomic mass is 10.1. The zero-order chi connectivity index (χ0) is 17.5. The number of methoxy groups -OCH3 is 1. The van der Waals surface area contributed by atoms with Gasteiger partial charge in [-0.2, -0.15) is 0 Å². The summed E-state index contributed by atoms with van der Waals surface area (Å²) >= 11 is 5.79. The molecule has 5 nitrogen and oxygen atoms in total. The molecule has 0 aliphatic carbocycles. The minimum atomic E-state index is -0.777. The summed E-state index contributed by atoms with van der Waals surface area (Å²) < 4.78 is 10.5. The fraction of sp³-hybridized carbons (Fsp3) is 0.278. The molecule has 0 aromatic heterocycles. The monoisotopic (exact) mass is 349 g/mol. The van der Waals surface area contributed by atoms with Crippen LogP contribution in [0.5, 0.6) is 11.5 Å². The minimum Gasteiger partial charge on any atom is -0.497 e. The highest BCUT2D eigenvalue weighted by Gasteiger charge is 2.16. The number of ether oxygens (including phenoxy) is 2. The Kier molecular flexibility index (Phi) is 6.46. The van der Waals surface area contributed by atoms with Crippen LogP contribution < -0.4 is 9.47 Å². The molecule has 0 heterocycles. The summed E-state index contributed by atoms with van der Waals surface area (Å²) in [6.07, 6.45) is -0.777. The summed E-state index contributed by atoms with van der Waals surface area (Å²) in [5, 5.41) is 10.8. The van der Waals surface area contributed by atoms with Crippen LogP contribution in [0.1, 0.15) is 11.7 Å². The van der Waals surface area contributed by atoms with Crippen molar-refractivity contribution in [3.8, 4) is 11.5 Å². The number of aliphatic hydroxyl groups is 1. The maximum atomic E-state index is 12.1. The number of hydrogen-bond acceptors (Lipinski definition) is 4. The van der Waals surface area contributed by atoms with Gasteiger partial charge in [0.2, 0.25) is 0 Å². The molecular formula is C18H20ClNO4. The van der Waals surface area contributed by atoms with Crippen LogP contribution in [0.25, 0.3) is 0 Å². The number of halogens is 1. The lowest BCUT2D eigenvalue weighted by Crippen LogP contribution is -2.34. The maximum absolute atomic E-state index is 12.1. The van der Waals surface area contributed by atoms with Crippen LogP contribution in [-0.4, -0.2) is 43.2 Å². The van der Waals surface area contributed by atoms with Gasteiger partial charge in [-0.3, -0.25) is 4.79 Å². The molecule has 0 radical (unpaired) electrons. The molecule has 0 saturated heterocycles. The maximum Gasteiger partial charge on any atom is 0.260 e. The second-order valence-electron chi connectivity index (χ2n) is 5.31. The van der Waals surface area contributed by atoms with Gasteiger partial charge >= 0.3 is 0 Å². The van der Waals surface area contributed by atoms with Gasteiger partial charge in [0.05, 0.1) is 19.8 Å². The Bertz CT molecular complexity index is 658. The van der Waals surface area contributed by atoms with E-state index < -0.39 is 6.10 Å². The van der Waals surface area contributed by atoms with E-state index in [4.69, 9.17) is 21.1 Å². The van der Waals surface area contributed by atoms with Gasteiger partial charge < -0.3 is 19.5 Å². The summed E-state index contributed by atoms with van der Waals surface area (Å²) in [5.41, 5.74) is 0.717. The van der Waals surface area contributed by atoms with Crippen LogP contribution in [0.2, 0.25) is 5.02 Å². The van der Waals surface area contributed by atoms with E-state index in [1.54, 1.807) is 62.7 Å². The molecule has 0 saturated carbocycles. The molecule has 24 heavy (non-hydrogen) atoms. The van der Waals surface area contributed by atoms with Crippen molar-refractivity contribution in [2.75, 3.05) is 27.3 Å². The van der Waals surface area contributed by atoms with Crippen LogP contribution in [0, 0.1) is 0 Å². The fourth-order valence-electron chi connectivity index (χ4n) is 2.08. The van der Waals surface area contributed by atoms with E-state index in [-0.39, 0.29) is 19.1 Å². The number of carbonyl (C=O) groups is 1.